The highest BCUT2D eigenvalue weighted by Crippen LogP contribution is 2.28. The number of hydrogen-bond donors (Lipinski definition) is 1. The summed E-state index contributed by atoms with van der Waals surface area (Å²) in [6.07, 6.45) is 2.87. The number of hydrogen-bond acceptors (Lipinski definition) is 2. The molecule has 2 heteroatoms. The molecule has 1 aromatic carbocycles. The molecule has 17 heavy (non-hydrogen) atoms. The van der Waals surface area contributed by atoms with E-state index < -0.39 is 0 Å². The van der Waals surface area contributed by atoms with E-state index in [9.17, 15) is 5.11 Å². The van der Waals surface area contributed by atoms with Crippen molar-refractivity contribution in [3.63, 3.8) is 0 Å². The molecular weight excluding hydrogens is 212 g/mol. The first kappa shape index (κ1) is 13.8. The molecule has 94 valence electrons. The lowest BCUT2D eigenvalue weighted by atomic mass is 9.79. The fourth-order valence-corrected chi connectivity index (χ4v) is 1.86. The van der Waals surface area contributed by atoms with E-state index in [4.69, 9.17) is 4.74 Å². The maximum atomic E-state index is 10.0. The lowest BCUT2D eigenvalue weighted by molar-refractivity contribution is 0.0530. The molecule has 0 fully saturated rings. The summed E-state index contributed by atoms with van der Waals surface area (Å²) in [5.74, 6) is 0.859. The minimum atomic E-state index is -0.359. The molecule has 0 amide bonds. The second kappa shape index (κ2) is 5.87. The summed E-state index contributed by atoms with van der Waals surface area (Å²) in [7, 11) is 1.66. The maximum Gasteiger partial charge on any atom is 0.118 e. The molecule has 0 aliphatic carbocycles. The maximum absolute atomic E-state index is 10.0. The Labute approximate surface area is 104 Å². The van der Waals surface area contributed by atoms with Crippen molar-refractivity contribution in [2.75, 3.05) is 7.11 Å². The topological polar surface area (TPSA) is 29.5 Å². The van der Waals surface area contributed by atoms with Gasteiger partial charge in [-0.3, -0.25) is 0 Å². The predicted octanol–water partition coefficient (Wildman–Crippen LogP) is 3.20. The van der Waals surface area contributed by atoms with E-state index in [1.165, 1.54) is 5.56 Å². The second-order valence-electron chi connectivity index (χ2n) is 5.05. The standard InChI is InChI=1S/C15H22O2/c1-5-6-14(16)15(2,3)11-12-7-9-13(17-4)10-8-12/h5,7-10,14,16H,1,6,11H2,2-4H3. The molecule has 0 bridgehead atoms. The predicted molar refractivity (Wildman–Crippen MR) is 71.3 cm³/mol. The first-order valence-electron chi connectivity index (χ1n) is 5.91. The Bertz CT molecular complexity index is 352. The second-order valence-corrected chi connectivity index (χ2v) is 5.05. The quantitative estimate of drug-likeness (QED) is 0.766. The number of methoxy groups -OCH3 is 1. The van der Waals surface area contributed by atoms with E-state index in [1.54, 1.807) is 13.2 Å². The number of benzene rings is 1. The molecule has 0 aliphatic heterocycles. The molecule has 1 atom stereocenters. The van der Waals surface area contributed by atoms with E-state index in [0.29, 0.717) is 6.42 Å². The number of rotatable bonds is 6. The third-order valence-corrected chi connectivity index (χ3v) is 3.11. The average molecular weight is 234 g/mol. The molecule has 0 spiro atoms. The summed E-state index contributed by atoms with van der Waals surface area (Å²) >= 11 is 0. The third-order valence-electron chi connectivity index (χ3n) is 3.11. The molecule has 0 radical (unpaired) electrons. The molecule has 1 aromatic rings. The Morgan fingerprint density at radius 3 is 2.41 bits per heavy atom. The van der Waals surface area contributed by atoms with Crippen molar-refractivity contribution in [3.05, 3.63) is 42.5 Å². The van der Waals surface area contributed by atoms with Crippen molar-refractivity contribution in [1.82, 2.24) is 0 Å². The zero-order chi connectivity index (χ0) is 12.9. The minimum absolute atomic E-state index is 0.150. The summed E-state index contributed by atoms with van der Waals surface area (Å²) in [6, 6.07) is 7.99. The molecule has 0 aromatic heterocycles. The van der Waals surface area contributed by atoms with Crippen LogP contribution in [0.1, 0.15) is 25.8 Å². The van der Waals surface area contributed by atoms with Gasteiger partial charge >= 0.3 is 0 Å². The van der Waals surface area contributed by atoms with Gasteiger partial charge in [-0.2, -0.15) is 0 Å². The zero-order valence-electron chi connectivity index (χ0n) is 10.9. The molecule has 1 rings (SSSR count). The van der Waals surface area contributed by atoms with Crippen LogP contribution in [0, 0.1) is 5.41 Å². The normalized spacial score (nSPS) is 13.2. The zero-order valence-corrected chi connectivity index (χ0v) is 10.9. The minimum Gasteiger partial charge on any atom is -0.497 e. The highest BCUT2D eigenvalue weighted by Gasteiger charge is 2.26. The van der Waals surface area contributed by atoms with Crippen molar-refractivity contribution in [2.24, 2.45) is 5.41 Å². The molecule has 0 saturated heterocycles. The average Bonchev–Trinajstić information content (AvgIpc) is 2.30. The van der Waals surface area contributed by atoms with Crippen LogP contribution in [0.25, 0.3) is 0 Å². The van der Waals surface area contributed by atoms with Gasteiger partial charge in [-0.1, -0.05) is 32.1 Å². The van der Waals surface area contributed by atoms with Crippen LogP contribution in [0.3, 0.4) is 0 Å². The molecule has 2 nitrogen and oxygen atoms in total. The Morgan fingerprint density at radius 1 is 1.35 bits per heavy atom. The van der Waals surface area contributed by atoms with Crippen molar-refractivity contribution in [3.8, 4) is 5.75 Å². The van der Waals surface area contributed by atoms with Crippen LogP contribution >= 0.6 is 0 Å². The third kappa shape index (κ3) is 3.90. The molecule has 0 saturated carbocycles. The first-order chi connectivity index (χ1) is 7.99. The molecule has 0 aliphatic rings. The van der Waals surface area contributed by atoms with Gasteiger partial charge in [0.2, 0.25) is 0 Å². The fourth-order valence-electron chi connectivity index (χ4n) is 1.86. The van der Waals surface area contributed by atoms with Crippen LogP contribution in [0.2, 0.25) is 0 Å². The Morgan fingerprint density at radius 2 is 1.94 bits per heavy atom. The number of aliphatic hydroxyl groups excluding tert-OH is 1. The van der Waals surface area contributed by atoms with Crippen molar-refractivity contribution < 1.29 is 9.84 Å². The largest absolute Gasteiger partial charge is 0.497 e. The molecule has 1 unspecified atom stereocenters. The van der Waals surface area contributed by atoms with Crippen LogP contribution < -0.4 is 4.74 Å². The molecular formula is C15H22O2. The monoisotopic (exact) mass is 234 g/mol. The lowest BCUT2D eigenvalue weighted by Crippen LogP contribution is -2.31. The summed E-state index contributed by atoms with van der Waals surface area (Å²) in [4.78, 5) is 0. The number of aliphatic hydroxyl groups is 1. The summed E-state index contributed by atoms with van der Waals surface area (Å²) in [6.45, 7) is 7.82. The summed E-state index contributed by atoms with van der Waals surface area (Å²) < 4.78 is 5.12. The Kier molecular flexibility index (Phi) is 4.76. The van der Waals surface area contributed by atoms with Gasteiger partial charge in [0.05, 0.1) is 13.2 Å². The first-order valence-corrected chi connectivity index (χ1v) is 5.91. The number of ether oxygens (including phenoxy) is 1. The van der Waals surface area contributed by atoms with Gasteiger partial charge in [0.25, 0.3) is 0 Å². The molecule has 1 N–H and O–H groups in total. The van der Waals surface area contributed by atoms with Gasteiger partial charge in [-0.15, -0.1) is 6.58 Å². The lowest BCUT2D eigenvalue weighted by Gasteiger charge is -2.30. The van der Waals surface area contributed by atoms with Crippen LogP contribution in [-0.4, -0.2) is 18.3 Å². The van der Waals surface area contributed by atoms with E-state index in [2.05, 4.69) is 20.4 Å². The fraction of sp³-hybridized carbons (Fsp3) is 0.467. The van der Waals surface area contributed by atoms with Crippen molar-refractivity contribution in [2.45, 2.75) is 32.8 Å². The van der Waals surface area contributed by atoms with Gasteiger partial charge in [0, 0.05) is 0 Å². The van der Waals surface area contributed by atoms with Crippen LogP contribution in [0.4, 0.5) is 0 Å². The summed E-state index contributed by atoms with van der Waals surface area (Å²) in [5.41, 5.74) is 1.06. The van der Waals surface area contributed by atoms with Gasteiger partial charge in [-0.05, 0) is 36.0 Å². The summed E-state index contributed by atoms with van der Waals surface area (Å²) in [5, 5.41) is 10.0. The Balaban J connectivity index is 2.71. The Hall–Kier alpha value is -1.28. The van der Waals surface area contributed by atoms with Gasteiger partial charge < -0.3 is 9.84 Å². The van der Waals surface area contributed by atoms with E-state index >= 15 is 0 Å². The van der Waals surface area contributed by atoms with Crippen molar-refractivity contribution in [1.29, 1.82) is 0 Å². The highest BCUT2D eigenvalue weighted by molar-refractivity contribution is 5.27. The van der Waals surface area contributed by atoms with Crippen LogP contribution in [0.15, 0.2) is 36.9 Å². The van der Waals surface area contributed by atoms with Gasteiger partial charge in [-0.25, -0.2) is 0 Å². The SMILES string of the molecule is C=CCC(O)C(C)(C)Cc1ccc(OC)cc1. The molecule has 0 heterocycles. The highest BCUT2D eigenvalue weighted by atomic mass is 16.5. The van der Waals surface area contributed by atoms with E-state index in [0.717, 1.165) is 12.2 Å². The van der Waals surface area contributed by atoms with Crippen molar-refractivity contribution >= 4 is 0 Å². The van der Waals surface area contributed by atoms with Crippen LogP contribution in [-0.2, 0) is 6.42 Å². The smallest absolute Gasteiger partial charge is 0.118 e. The van der Waals surface area contributed by atoms with Crippen LogP contribution in [0.5, 0.6) is 5.75 Å². The van der Waals surface area contributed by atoms with E-state index in [-0.39, 0.29) is 11.5 Å². The van der Waals surface area contributed by atoms with Gasteiger partial charge in [0.1, 0.15) is 5.75 Å². The van der Waals surface area contributed by atoms with Gasteiger partial charge in [0.15, 0.2) is 0 Å². The van der Waals surface area contributed by atoms with E-state index in [1.807, 2.05) is 24.3 Å².